The lowest BCUT2D eigenvalue weighted by Gasteiger charge is -2.10. The van der Waals surface area contributed by atoms with E-state index in [9.17, 15) is 4.79 Å². The van der Waals surface area contributed by atoms with Crippen molar-refractivity contribution in [1.82, 2.24) is 10.3 Å². The molecular weight excluding hydrogens is 262 g/mol. The minimum Gasteiger partial charge on any atom is -0.387 e. The molecule has 1 fully saturated rings. The molecule has 0 radical (unpaired) electrons. The molecule has 4 nitrogen and oxygen atoms in total. The first kappa shape index (κ1) is 13.6. The van der Waals surface area contributed by atoms with Gasteiger partial charge in [-0.15, -0.1) is 0 Å². The van der Waals surface area contributed by atoms with Crippen LogP contribution in [0.4, 0.5) is 5.69 Å². The van der Waals surface area contributed by atoms with Gasteiger partial charge in [0.15, 0.2) is 0 Å². The van der Waals surface area contributed by atoms with E-state index in [0.29, 0.717) is 11.5 Å². The second-order valence-electron chi connectivity index (χ2n) is 5.45. The molecule has 1 aromatic heterocycles. The Morgan fingerprint density at radius 1 is 1.29 bits per heavy atom. The summed E-state index contributed by atoms with van der Waals surface area (Å²) in [5.74, 6) is 0.377. The van der Waals surface area contributed by atoms with E-state index in [1.807, 2.05) is 38.2 Å². The summed E-state index contributed by atoms with van der Waals surface area (Å²) in [6, 6.07) is 12.4. The third kappa shape index (κ3) is 2.89. The highest BCUT2D eigenvalue weighted by molar-refractivity contribution is 5.99. The molecule has 1 aliphatic carbocycles. The number of pyridine rings is 1. The minimum atomic E-state index is -0.0599. The number of anilines is 1. The second kappa shape index (κ2) is 5.56. The molecule has 1 amide bonds. The Morgan fingerprint density at radius 3 is 2.76 bits per heavy atom. The van der Waals surface area contributed by atoms with Crippen molar-refractivity contribution in [2.24, 2.45) is 0 Å². The van der Waals surface area contributed by atoms with Crippen LogP contribution in [0.3, 0.4) is 0 Å². The topological polar surface area (TPSA) is 54.0 Å². The average molecular weight is 281 g/mol. The summed E-state index contributed by atoms with van der Waals surface area (Å²) in [6.45, 7) is 1.91. The van der Waals surface area contributed by atoms with E-state index in [2.05, 4.69) is 27.8 Å². The van der Waals surface area contributed by atoms with Crippen LogP contribution in [0, 0.1) is 6.92 Å². The number of hydrogen-bond donors (Lipinski definition) is 2. The minimum absolute atomic E-state index is 0.0599. The van der Waals surface area contributed by atoms with Crippen molar-refractivity contribution in [1.29, 1.82) is 0 Å². The number of carbonyl (C=O) groups is 1. The van der Waals surface area contributed by atoms with Gasteiger partial charge in [0.2, 0.25) is 0 Å². The monoisotopic (exact) mass is 281 g/mol. The van der Waals surface area contributed by atoms with Crippen molar-refractivity contribution in [3.63, 3.8) is 0 Å². The van der Waals surface area contributed by atoms with E-state index in [1.165, 1.54) is 5.56 Å². The molecule has 1 aliphatic rings. The molecule has 108 valence electrons. The van der Waals surface area contributed by atoms with Crippen LogP contribution in [-0.4, -0.2) is 24.0 Å². The first-order valence-electron chi connectivity index (χ1n) is 7.19. The normalized spacial score (nSPS) is 19.9. The van der Waals surface area contributed by atoms with Crippen molar-refractivity contribution in [2.75, 3.05) is 12.4 Å². The Bertz CT molecular complexity index is 654. The van der Waals surface area contributed by atoms with Crippen molar-refractivity contribution >= 4 is 11.6 Å². The van der Waals surface area contributed by atoms with Crippen LogP contribution in [-0.2, 0) is 0 Å². The first-order chi connectivity index (χ1) is 10.2. The van der Waals surface area contributed by atoms with Crippen molar-refractivity contribution in [3.8, 4) is 0 Å². The highest BCUT2D eigenvalue weighted by Crippen LogP contribution is 2.40. The molecule has 21 heavy (non-hydrogen) atoms. The Morgan fingerprint density at radius 2 is 2.05 bits per heavy atom. The molecule has 2 atom stereocenters. The summed E-state index contributed by atoms with van der Waals surface area (Å²) < 4.78 is 0. The smallest absolute Gasteiger partial charge is 0.255 e. The van der Waals surface area contributed by atoms with E-state index in [4.69, 9.17) is 0 Å². The van der Waals surface area contributed by atoms with Gasteiger partial charge in [-0.2, -0.15) is 0 Å². The van der Waals surface area contributed by atoms with Crippen LogP contribution >= 0.6 is 0 Å². The van der Waals surface area contributed by atoms with E-state index in [0.717, 1.165) is 17.8 Å². The number of aromatic nitrogens is 1. The summed E-state index contributed by atoms with van der Waals surface area (Å²) in [5.41, 5.74) is 3.60. The van der Waals surface area contributed by atoms with Gasteiger partial charge in [-0.1, -0.05) is 30.3 Å². The van der Waals surface area contributed by atoms with Crippen molar-refractivity contribution in [2.45, 2.75) is 25.3 Å². The number of nitrogens with one attached hydrogen (secondary N) is 2. The number of aryl methyl sites for hydroxylation is 1. The van der Waals surface area contributed by atoms with E-state index < -0.39 is 0 Å². The number of nitrogens with zero attached hydrogens (tertiary/aromatic N) is 1. The number of amides is 1. The third-order valence-corrected chi connectivity index (χ3v) is 3.89. The molecule has 3 rings (SSSR count). The number of benzene rings is 1. The van der Waals surface area contributed by atoms with Crippen LogP contribution in [0.15, 0.2) is 42.6 Å². The van der Waals surface area contributed by atoms with Gasteiger partial charge in [0, 0.05) is 30.9 Å². The quantitative estimate of drug-likeness (QED) is 0.906. The highest BCUT2D eigenvalue weighted by Gasteiger charge is 2.39. The lowest BCUT2D eigenvalue weighted by Crippen LogP contribution is -2.27. The molecule has 4 heteroatoms. The predicted octanol–water partition coefficient (Wildman–Crippen LogP) is 2.72. The van der Waals surface area contributed by atoms with E-state index in [-0.39, 0.29) is 11.9 Å². The van der Waals surface area contributed by atoms with Crippen molar-refractivity contribution in [3.05, 3.63) is 59.4 Å². The molecule has 0 spiro atoms. The van der Waals surface area contributed by atoms with E-state index in [1.54, 1.807) is 6.20 Å². The second-order valence-corrected chi connectivity index (χ2v) is 5.45. The molecule has 0 aliphatic heterocycles. The highest BCUT2D eigenvalue weighted by atomic mass is 16.1. The van der Waals surface area contributed by atoms with Gasteiger partial charge in [0.1, 0.15) is 0 Å². The number of rotatable bonds is 4. The maximum atomic E-state index is 12.4. The van der Waals surface area contributed by atoms with Crippen molar-refractivity contribution < 1.29 is 4.79 Å². The zero-order chi connectivity index (χ0) is 14.8. The fraction of sp³-hybridized carbons (Fsp3) is 0.294. The molecular formula is C17H19N3O. The number of hydrogen-bond acceptors (Lipinski definition) is 3. The maximum Gasteiger partial charge on any atom is 0.255 e. The fourth-order valence-electron chi connectivity index (χ4n) is 2.62. The third-order valence-electron chi connectivity index (χ3n) is 3.89. The number of carbonyl (C=O) groups excluding carboxylic acids is 1. The van der Waals surface area contributed by atoms with E-state index >= 15 is 0 Å². The first-order valence-corrected chi connectivity index (χ1v) is 7.19. The Labute approximate surface area is 124 Å². The standard InChI is InChI=1S/C17H19N3O/c1-11-8-15(18-2)14(10-19-11)17(21)20-16-9-13(16)12-6-4-3-5-7-12/h3-8,10,13,16H,9H2,1-2H3,(H,18,19)(H,20,21). The van der Waals surface area contributed by atoms with Gasteiger partial charge >= 0.3 is 0 Å². The van der Waals surface area contributed by atoms with Crippen LogP contribution < -0.4 is 10.6 Å². The Kier molecular flexibility index (Phi) is 3.60. The molecule has 2 aromatic rings. The van der Waals surface area contributed by atoms with Gasteiger partial charge in [0.25, 0.3) is 5.91 Å². The lowest BCUT2D eigenvalue weighted by atomic mass is 10.1. The molecule has 2 N–H and O–H groups in total. The molecule has 1 saturated carbocycles. The lowest BCUT2D eigenvalue weighted by molar-refractivity contribution is 0.0951. The summed E-state index contributed by atoms with van der Waals surface area (Å²) in [4.78, 5) is 16.6. The SMILES string of the molecule is CNc1cc(C)ncc1C(=O)NC1CC1c1ccccc1. The Balaban J connectivity index is 1.68. The van der Waals surface area contributed by atoms with Gasteiger partial charge in [-0.3, -0.25) is 9.78 Å². The van der Waals surface area contributed by atoms with Gasteiger partial charge in [-0.25, -0.2) is 0 Å². The summed E-state index contributed by atoms with van der Waals surface area (Å²) >= 11 is 0. The summed E-state index contributed by atoms with van der Waals surface area (Å²) in [5, 5.41) is 6.15. The summed E-state index contributed by atoms with van der Waals surface area (Å²) in [7, 11) is 1.81. The molecule has 2 unspecified atom stereocenters. The van der Waals surface area contributed by atoms with Crippen LogP contribution in [0.1, 0.15) is 34.0 Å². The average Bonchev–Trinajstić information content (AvgIpc) is 3.27. The largest absolute Gasteiger partial charge is 0.387 e. The zero-order valence-corrected chi connectivity index (χ0v) is 12.3. The van der Waals surface area contributed by atoms with Crippen LogP contribution in [0.5, 0.6) is 0 Å². The van der Waals surface area contributed by atoms with Gasteiger partial charge in [-0.05, 0) is 25.0 Å². The molecule has 0 bridgehead atoms. The zero-order valence-electron chi connectivity index (χ0n) is 12.3. The Hall–Kier alpha value is -2.36. The van der Waals surface area contributed by atoms with Gasteiger partial charge < -0.3 is 10.6 Å². The molecule has 1 heterocycles. The molecule has 1 aromatic carbocycles. The van der Waals surface area contributed by atoms with Gasteiger partial charge in [0.05, 0.1) is 11.3 Å². The van der Waals surface area contributed by atoms with Crippen LogP contribution in [0.2, 0.25) is 0 Å². The summed E-state index contributed by atoms with van der Waals surface area (Å²) in [6.07, 6.45) is 2.64. The van der Waals surface area contributed by atoms with Crippen LogP contribution in [0.25, 0.3) is 0 Å². The fourth-order valence-corrected chi connectivity index (χ4v) is 2.62. The maximum absolute atomic E-state index is 12.4. The predicted molar refractivity (Wildman–Crippen MR) is 83.6 cm³/mol. The molecule has 0 saturated heterocycles.